The summed E-state index contributed by atoms with van der Waals surface area (Å²) in [5.41, 5.74) is 0. The normalized spacial score (nSPS) is 15.3. The van der Waals surface area contributed by atoms with Crippen LogP contribution in [0.4, 0.5) is 0 Å². The number of hydrogen-bond acceptors (Lipinski definition) is 1. The zero-order chi connectivity index (χ0) is 10.1. The van der Waals surface area contributed by atoms with Gasteiger partial charge in [-0.15, -0.1) is 6.58 Å². The van der Waals surface area contributed by atoms with Crippen LogP contribution in [-0.4, -0.2) is 11.2 Å². The van der Waals surface area contributed by atoms with Crippen molar-refractivity contribution in [2.45, 2.75) is 58.5 Å². The van der Waals surface area contributed by atoms with E-state index in [-0.39, 0.29) is 12.0 Å². The molecule has 0 aromatic carbocycles. The molecule has 0 saturated carbocycles. The molecule has 0 unspecified atom stereocenters. The SMILES string of the molecule is C=C[C@@H](C)[C@H](O)CCCCCCC. The van der Waals surface area contributed by atoms with E-state index in [0.717, 1.165) is 12.8 Å². The van der Waals surface area contributed by atoms with Gasteiger partial charge in [0.05, 0.1) is 6.10 Å². The average Bonchev–Trinajstić information content (AvgIpc) is 2.16. The summed E-state index contributed by atoms with van der Waals surface area (Å²) >= 11 is 0. The molecule has 0 aliphatic heterocycles. The highest BCUT2D eigenvalue weighted by Crippen LogP contribution is 2.13. The molecule has 0 aliphatic carbocycles. The molecule has 78 valence electrons. The molecule has 1 nitrogen and oxygen atoms in total. The Kier molecular flexibility index (Phi) is 8.11. The fraction of sp³-hybridized carbons (Fsp3) is 0.833. The second-order valence-corrected chi connectivity index (χ2v) is 3.87. The molecular formula is C12H24O. The minimum atomic E-state index is -0.181. The summed E-state index contributed by atoms with van der Waals surface area (Å²) < 4.78 is 0. The molecule has 0 aromatic heterocycles. The lowest BCUT2D eigenvalue weighted by molar-refractivity contribution is 0.125. The van der Waals surface area contributed by atoms with Crippen LogP contribution in [0.25, 0.3) is 0 Å². The van der Waals surface area contributed by atoms with Gasteiger partial charge in [0, 0.05) is 0 Å². The topological polar surface area (TPSA) is 20.2 Å². The maximum atomic E-state index is 9.60. The number of aliphatic hydroxyl groups is 1. The molecule has 0 radical (unpaired) electrons. The highest BCUT2D eigenvalue weighted by atomic mass is 16.3. The Hall–Kier alpha value is -0.300. The molecule has 0 saturated heterocycles. The Bertz CT molecular complexity index is 120. The maximum Gasteiger partial charge on any atom is 0.0600 e. The van der Waals surface area contributed by atoms with E-state index in [1.165, 1.54) is 25.7 Å². The Morgan fingerprint density at radius 1 is 1.23 bits per heavy atom. The first kappa shape index (κ1) is 12.7. The second-order valence-electron chi connectivity index (χ2n) is 3.87. The summed E-state index contributed by atoms with van der Waals surface area (Å²) in [4.78, 5) is 0. The molecule has 0 bridgehead atoms. The highest BCUT2D eigenvalue weighted by Gasteiger charge is 2.09. The Morgan fingerprint density at radius 3 is 2.38 bits per heavy atom. The van der Waals surface area contributed by atoms with Crippen LogP contribution in [0, 0.1) is 5.92 Å². The first-order valence-corrected chi connectivity index (χ1v) is 5.53. The van der Waals surface area contributed by atoms with Crippen LogP contribution in [0.5, 0.6) is 0 Å². The zero-order valence-electron chi connectivity index (χ0n) is 9.13. The lowest BCUT2D eigenvalue weighted by atomic mass is 9.99. The van der Waals surface area contributed by atoms with Crippen molar-refractivity contribution in [1.82, 2.24) is 0 Å². The maximum absolute atomic E-state index is 9.60. The minimum Gasteiger partial charge on any atom is -0.393 e. The van der Waals surface area contributed by atoms with Gasteiger partial charge >= 0.3 is 0 Å². The van der Waals surface area contributed by atoms with Crippen molar-refractivity contribution in [3.05, 3.63) is 12.7 Å². The van der Waals surface area contributed by atoms with Crippen molar-refractivity contribution in [2.24, 2.45) is 5.92 Å². The Labute approximate surface area is 82.9 Å². The van der Waals surface area contributed by atoms with E-state index in [1.807, 2.05) is 13.0 Å². The first-order chi connectivity index (χ1) is 6.22. The predicted octanol–water partition coefficient (Wildman–Crippen LogP) is 3.53. The van der Waals surface area contributed by atoms with Gasteiger partial charge in [-0.3, -0.25) is 0 Å². The minimum absolute atomic E-state index is 0.181. The van der Waals surface area contributed by atoms with Crippen LogP contribution in [0.15, 0.2) is 12.7 Å². The van der Waals surface area contributed by atoms with Crippen molar-refractivity contribution >= 4 is 0 Å². The average molecular weight is 184 g/mol. The number of unbranched alkanes of at least 4 members (excludes halogenated alkanes) is 4. The summed E-state index contributed by atoms with van der Waals surface area (Å²) in [6.45, 7) is 7.91. The molecule has 1 heteroatoms. The van der Waals surface area contributed by atoms with Gasteiger partial charge in [-0.05, 0) is 12.3 Å². The van der Waals surface area contributed by atoms with Crippen LogP contribution in [0.3, 0.4) is 0 Å². The number of rotatable bonds is 8. The molecule has 1 N–H and O–H groups in total. The number of aliphatic hydroxyl groups excluding tert-OH is 1. The van der Waals surface area contributed by atoms with Crippen LogP contribution in [0.1, 0.15) is 52.4 Å². The zero-order valence-corrected chi connectivity index (χ0v) is 9.13. The molecule has 0 aromatic rings. The summed E-state index contributed by atoms with van der Waals surface area (Å²) in [7, 11) is 0. The summed E-state index contributed by atoms with van der Waals surface area (Å²) in [5, 5.41) is 9.60. The van der Waals surface area contributed by atoms with Gasteiger partial charge in [-0.2, -0.15) is 0 Å². The molecule has 2 atom stereocenters. The van der Waals surface area contributed by atoms with Gasteiger partial charge in [-0.25, -0.2) is 0 Å². The van der Waals surface area contributed by atoms with E-state index in [1.54, 1.807) is 0 Å². The molecule has 13 heavy (non-hydrogen) atoms. The Morgan fingerprint density at radius 2 is 1.85 bits per heavy atom. The van der Waals surface area contributed by atoms with Gasteiger partial charge < -0.3 is 5.11 Å². The fourth-order valence-electron chi connectivity index (χ4n) is 1.38. The predicted molar refractivity (Wildman–Crippen MR) is 58.7 cm³/mol. The fourth-order valence-corrected chi connectivity index (χ4v) is 1.38. The molecular weight excluding hydrogens is 160 g/mol. The third-order valence-corrected chi connectivity index (χ3v) is 2.58. The van der Waals surface area contributed by atoms with Gasteiger partial charge in [0.1, 0.15) is 0 Å². The van der Waals surface area contributed by atoms with E-state index in [9.17, 15) is 5.11 Å². The molecule has 0 rings (SSSR count). The monoisotopic (exact) mass is 184 g/mol. The lowest BCUT2D eigenvalue weighted by Crippen LogP contribution is -2.14. The van der Waals surface area contributed by atoms with Gasteiger partial charge in [0.25, 0.3) is 0 Å². The van der Waals surface area contributed by atoms with Gasteiger partial charge in [0.15, 0.2) is 0 Å². The van der Waals surface area contributed by atoms with Gasteiger partial charge in [0.2, 0.25) is 0 Å². The Balaban J connectivity index is 3.26. The smallest absolute Gasteiger partial charge is 0.0600 e. The van der Waals surface area contributed by atoms with Crippen LogP contribution in [0.2, 0.25) is 0 Å². The molecule has 0 fully saturated rings. The van der Waals surface area contributed by atoms with E-state index in [2.05, 4.69) is 13.5 Å². The van der Waals surface area contributed by atoms with Crippen molar-refractivity contribution in [2.75, 3.05) is 0 Å². The van der Waals surface area contributed by atoms with Crippen molar-refractivity contribution in [1.29, 1.82) is 0 Å². The van der Waals surface area contributed by atoms with Crippen molar-refractivity contribution in [3.8, 4) is 0 Å². The van der Waals surface area contributed by atoms with Crippen molar-refractivity contribution < 1.29 is 5.11 Å². The quantitative estimate of drug-likeness (QED) is 0.452. The third kappa shape index (κ3) is 6.83. The molecule has 0 spiro atoms. The van der Waals surface area contributed by atoms with E-state index >= 15 is 0 Å². The number of hydrogen-bond donors (Lipinski definition) is 1. The highest BCUT2D eigenvalue weighted by molar-refractivity contribution is 4.80. The molecule has 0 heterocycles. The van der Waals surface area contributed by atoms with Crippen molar-refractivity contribution in [3.63, 3.8) is 0 Å². The standard InChI is InChI=1S/C12H24O/c1-4-6-7-8-9-10-12(13)11(3)5-2/h5,11-13H,2,4,6-10H2,1,3H3/t11-,12-/m1/s1. The largest absolute Gasteiger partial charge is 0.393 e. The van der Waals surface area contributed by atoms with Crippen LogP contribution < -0.4 is 0 Å². The summed E-state index contributed by atoms with van der Waals surface area (Å²) in [6.07, 6.45) is 8.91. The summed E-state index contributed by atoms with van der Waals surface area (Å²) in [6, 6.07) is 0. The van der Waals surface area contributed by atoms with E-state index < -0.39 is 0 Å². The van der Waals surface area contributed by atoms with Crippen LogP contribution in [-0.2, 0) is 0 Å². The van der Waals surface area contributed by atoms with Crippen LogP contribution >= 0.6 is 0 Å². The van der Waals surface area contributed by atoms with E-state index in [4.69, 9.17) is 0 Å². The van der Waals surface area contributed by atoms with Gasteiger partial charge in [-0.1, -0.05) is 52.0 Å². The lowest BCUT2D eigenvalue weighted by Gasteiger charge is -2.14. The first-order valence-electron chi connectivity index (χ1n) is 5.53. The molecule has 0 amide bonds. The van der Waals surface area contributed by atoms with E-state index in [0.29, 0.717) is 0 Å². The third-order valence-electron chi connectivity index (χ3n) is 2.58. The molecule has 0 aliphatic rings. The summed E-state index contributed by atoms with van der Waals surface area (Å²) in [5.74, 6) is 0.242. The second kappa shape index (κ2) is 8.31.